The maximum absolute atomic E-state index is 12.3. The summed E-state index contributed by atoms with van der Waals surface area (Å²) in [6.07, 6.45) is 0.453. The van der Waals surface area contributed by atoms with Crippen molar-refractivity contribution in [3.63, 3.8) is 0 Å². The van der Waals surface area contributed by atoms with Gasteiger partial charge >= 0.3 is 0 Å². The van der Waals surface area contributed by atoms with Crippen LogP contribution in [0.4, 0.5) is 5.69 Å². The molecule has 2 heterocycles. The number of nitrogens with one attached hydrogen (secondary N) is 2. The first-order valence-electron chi connectivity index (χ1n) is 8.30. The van der Waals surface area contributed by atoms with Gasteiger partial charge in [0, 0.05) is 55.8 Å². The highest BCUT2D eigenvalue weighted by Crippen LogP contribution is 2.20. The van der Waals surface area contributed by atoms with E-state index in [0.717, 1.165) is 38.5 Å². The Kier molecular flexibility index (Phi) is 6.33. The average Bonchev–Trinajstić information content (AvgIpc) is 2.58. The van der Waals surface area contributed by atoms with Gasteiger partial charge in [0.05, 0.1) is 13.2 Å². The number of carbonyl (C=O) groups excluding carboxylic acids is 1. The first-order chi connectivity index (χ1) is 11.3. The number of morpholine rings is 1. The van der Waals surface area contributed by atoms with Gasteiger partial charge in [0.15, 0.2) is 0 Å². The molecule has 2 saturated heterocycles. The van der Waals surface area contributed by atoms with Gasteiger partial charge in [0.25, 0.3) is 0 Å². The Morgan fingerprint density at radius 3 is 2.96 bits per heavy atom. The fraction of sp³-hybridized carbons (Fsp3) is 0.588. The number of hydrogen-bond acceptors (Lipinski definition) is 5. The van der Waals surface area contributed by atoms with E-state index in [4.69, 9.17) is 4.74 Å². The van der Waals surface area contributed by atoms with Crippen molar-refractivity contribution in [1.29, 1.82) is 0 Å². The Morgan fingerprint density at radius 1 is 1.35 bits per heavy atom. The largest absolute Gasteiger partial charge is 0.378 e. The normalized spacial score (nSPS) is 22.7. The highest BCUT2D eigenvalue weighted by Gasteiger charge is 2.18. The number of para-hydroxylation sites is 1. The molecular formula is C17H25N3O2S. The molecule has 1 aromatic carbocycles. The molecule has 1 atom stereocenters. The molecule has 5 nitrogen and oxygen atoms in total. The lowest BCUT2D eigenvalue weighted by atomic mass is 10.1. The highest BCUT2D eigenvalue weighted by atomic mass is 32.2. The van der Waals surface area contributed by atoms with Crippen LogP contribution >= 0.6 is 11.8 Å². The molecular weight excluding hydrogens is 310 g/mol. The van der Waals surface area contributed by atoms with Crippen molar-refractivity contribution in [3.05, 3.63) is 29.8 Å². The summed E-state index contributed by atoms with van der Waals surface area (Å²) in [5.74, 6) is 2.44. The first-order valence-corrected chi connectivity index (χ1v) is 9.46. The predicted molar refractivity (Wildman–Crippen MR) is 94.9 cm³/mol. The lowest BCUT2D eigenvalue weighted by Crippen LogP contribution is -2.43. The highest BCUT2D eigenvalue weighted by molar-refractivity contribution is 7.99. The van der Waals surface area contributed by atoms with Crippen LogP contribution in [0.25, 0.3) is 0 Å². The number of benzene rings is 1. The van der Waals surface area contributed by atoms with Crippen molar-refractivity contribution in [3.8, 4) is 0 Å². The van der Waals surface area contributed by atoms with Gasteiger partial charge in [-0.3, -0.25) is 9.69 Å². The summed E-state index contributed by atoms with van der Waals surface area (Å²) in [6.45, 7) is 5.31. The van der Waals surface area contributed by atoms with Crippen LogP contribution in [0.2, 0.25) is 0 Å². The molecule has 2 aliphatic heterocycles. The maximum atomic E-state index is 12.3. The standard InChI is InChI=1S/C17H25N3O2S/c21-17(11-15-13-22-8-5-18-15)19-16-4-2-1-3-14(16)12-20-6-9-23-10-7-20/h1-4,15,18H,5-13H2,(H,19,21). The summed E-state index contributed by atoms with van der Waals surface area (Å²) in [6, 6.07) is 8.25. The second-order valence-electron chi connectivity index (χ2n) is 6.02. The van der Waals surface area contributed by atoms with E-state index in [2.05, 4.69) is 21.6 Å². The zero-order valence-electron chi connectivity index (χ0n) is 13.4. The number of nitrogens with zero attached hydrogens (tertiary/aromatic N) is 1. The molecule has 2 N–H and O–H groups in total. The molecule has 3 rings (SSSR count). The van der Waals surface area contributed by atoms with Crippen LogP contribution in [-0.2, 0) is 16.1 Å². The average molecular weight is 335 g/mol. The lowest BCUT2D eigenvalue weighted by Gasteiger charge is -2.27. The molecule has 23 heavy (non-hydrogen) atoms. The van der Waals surface area contributed by atoms with Crippen molar-refractivity contribution in [1.82, 2.24) is 10.2 Å². The Bertz CT molecular complexity index is 514. The summed E-state index contributed by atoms with van der Waals surface area (Å²) in [7, 11) is 0. The minimum absolute atomic E-state index is 0.0506. The zero-order chi connectivity index (χ0) is 15.9. The lowest BCUT2D eigenvalue weighted by molar-refractivity contribution is -0.117. The van der Waals surface area contributed by atoms with E-state index in [1.54, 1.807) is 0 Å². The van der Waals surface area contributed by atoms with Crippen LogP contribution in [0.5, 0.6) is 0 Å². The number of amides is 1. The first kappa shape index (κ1) is 16.8. The van der Waals surface area contributed by atoms with Crippen LogP contribution in [0.3, 0.4) is 0 Å². The van der Waals surface area contributed by atoms with E-state index < -0.39 is 0 Å². The minimum Gasteiger partial charge on any atom is -0.378 e. The molecule has 0 aliphatic carbocycles. The summed E-state index contributed by atoms with van der Waals surface area (Å²) in [4.78, 5) is 14.8. The van der Waals surface area contributed by atoms with E-state index in [1.165, 1.54) is 17.1 Å². The van der Waals surface area contributed by atoms with Crippen molar-refractivity contribution in [2.24, 2.45) is 0 Å². The van der Waals surface area contributed by atoms with Crippen molar-refractivity contribution >= 4 is 23.4 Å². The quantitative estimate of drug-likeness (QED) is 0.855. The van der Waals surface area contributed by atoms with Gasteiger partial charge in [-0.15, -0.1) is 0 Å². The Hall–Kier alpha value is -1.08. The van der Waals surface area contributed by atoms with Crippen LogP contribution in [0.1, 0.15) is 12.0 Å². The summed E-state index contributed by atoms with van der Waals surface area (Å²) < 4.78 is 5.41. The Balaban J connectivity index is 1.57. The molecule has 0 aromatic heterocycles. The summed E-state index contributed by atoms with van der Waals surface area (Å²) in [5, 5.41) is 6.40. The molecule has 2 fully saturated rings. The van der Waals surface area contributed by atoms with Gasteiger partial charge < -0.3 is 15.4 Å². The number of rotatable bonds is 5. The van der Waals surface area contributed by atoms with Crippen LogP contribution in [0, 0.1) is 0 Å². The van der Waals surface area contributed by atoms with E-state index in [1.807, 2.05) is 30.0 Å². The van der Waals surface area contributed by atoms with Crippen LogP contribution < -0.4 is 10.6 Å². The summed E-state index contributed by atoms with van der Waals surface area (Å²) >= 11 is 2.01. The molecule has 0 spiro atoms. The molecule has 126 valence electrons. The number of anilines is 1. The fourth-order valence-electron chi connectivity index (χ4n) is 2.96. The number of carbonyl (C=O) groups is 1. The van der Waals surface area contributed by atoms with Gasteiger partial charge in [-0.05, 0) is 11.6 Å². The monoisotopic (exact) mass is 335 g/mol. The molecule has 0 bridgehead atoms. The van der Waals surface area contributed by atoms with Gasteiger partial charge in [0.1, 0.15) is 0 Å². The molecule has 1 unspecified atom stereocenters. The van der Waals surface area contributed by atoms with Gasteiger partial charge in [-0.2, -0.15) is 11.8 Å². The van der Waals surface area contributed by atoms with Crippen molar-refractivity contribution < 1.29 is 9.53 Å². The van der Waals surface area contributed by atoms with Gasteiger partial charge in [-0.1, -0.05) is 18.2 Å². The van der Waals surface area contributed by atoms with Gasteiger partial charge in [-0.25, -0.2) is 0 Å². The fourth-order valence-corrected chi connectivity index (χ4v) is 3.93. The number of hydrogen-bond donors (Lipinski definition) is 2. The third kappa shape index (κ3) is 5.21. The molecule has 0 saturated carbocycles. The zero-order valence-corrected chi connectivity index (χ0v) is 14.2. The molecule has 0 radical (unpaired) electrons. The Morgan fingerprint density at radius 2 is 2.17 bits per heavy atom. The van der Waals surface area contributed by atoms with Crippen molar-refractivity contribution in [2.45, 2.75) is 19.0 Å². The van der Waals surface area contributed by atoms with Crippen LogP contribution in [0.15, 0.2) is 24.3 Å². The van der Waals surface area contributed by atoms with Gasteiger partial charge in [0.2, 0.25) is 5.91 Å². The second-order valence-corrected chi connectivity index (χ2v) is 7.25. The SMILES string of the molecule is O=C(CC1COCCN1)Nc1ccccc1CN1CCSCC1. The smallest absolute Gasteiger partial charge is 0.226 e. The van der Waals surface area contributed by atoms with Crippen LogP contribution in [-0.4, -0.2) is 61.2 Å². The second kappa shape index (κ2) is 8.68. The number of thioether (sulfide) groups is 1. The topological polar surface area (TPSA) is 53.6 Å². The third-order valence-electron chi connectivity index (χ3n) is 4.22. The van der Waals surface area contributed by atoms with E-state index in [0.29, 0.717) is 13.0 Å². The van der Waals surface area contributed by atoms with E-state index >= 15 is 0 Å². The minimum atomic E-state index is 0.0506. The number of ether oxygens (including phenoxy) is 1. The summed E-state index contributed by atoms with van der Waals surface area (Å²) in [5.41, 5.74) is 2.13. The molecule has 6 heteroatoms. The van der Waals surface area contributed by atoms with Crippen molar-refractivity contribution in [2.75, 3.05) is 49.7 Å². The van der Waals surface area contributed by atoms with E-state index in [-0.39, 0.29) is 11.9 Å². The van der Waals surface area contributed by atoms with E-state index in [9.17, 15) is 4.79 Å². The Labute approximate surface area is 142 Å². The third-order valence-corrected chi connectivity index (χ3v) is 5.16. The maximum Gasteiger partial charge on any atom is 0.226 e. The molecule has 1 aromatic rings. The predicted octanol–water partition coefficient (Wildman–Crippen LogP) is 1.55. The molecule has 1 amide bonds. The molecule has 2 aliphatic rings.